The Morgan fingerprint density at radius 3 is 2.71 bits per heavy atom. The molecule has 1 aliphatic heterocycles. The normalized spacial score (nSPS) is 17.6. The van der Waals surface area contributed by atoms with Gasteiger partial charge in [-0.25, -0.2) is 4.98 Å². The van der Waals surface area contributed by atoms with Crippen molar-refractivity contribution in [2.24, 2.45) is 0 Å². The number of benzene rings is 1. The van der Waals surface area contributed by atoms with Gasteiger partial charge in [-0.3, -0.25) is 14.8 Å². The van der Waals surface area contributed by atoms with E-state index >= 15 is 0 Å². The van der Waals surface area contributed by atoms with Crippen molar-refractivity contribution in [2.45, 2.75) is 19.9 Å². The molecule has 24 heavy (non-hydrogen) atoms. The summed E-state index contributed by atoms with van der Waals surface area (Å²) in [5.74, 6) is 1.42. The third kappa shape index (κ3) is 3.80. The maximum atomic E-state index is 12.5. The van der Waals surface area contributed by atoms with Gasteiger partial charge in [0, 0.05) is 37.4 Å². The number of amides is 1. The summed E-state index contributed by atoms with van der Waals surface area (Å²) >= 11 is 0. The number of nitrogens with one attached hydrogen (secondary N) is 2. The van der Waals surface area contributed by atoms with Crippen LogP contribution in [0.15, 0.2) is 24.3 Å². The molecule has 0 saturated carbocycles. The van der Waals surface area contributed by atoms with Gasteiger partial charge in [-0.15, -0.1) is 0 Å². The average Bonchev–Trinajstić information content (AvgIpc) is 3.02. The molecule has 7 nitrogen and oxygen atoms in total. The fraction of sp³-hybridized carbons (Fsp3) is 0.471. The molecule has 2 aromatic rings. The number of H-pyrrole nitrogens is 1. The van der Waals surface area contributed by atoms with Gasteiger partial charge in [0.05, 0.1) is 6.04 Å². The number of aryl methyl sites for hydroxylation is 1. The van der Waals surface area contributed by atoms with Crippen molar-refractivity contribution in [3.8, 4) is 11.4 Å². The van der Waals surface area contributed by atoms with Crippen molar-refractivity contribution >= 4 is 11.6 Å². The summed E-state index contributed by atoms with van der Waals surface area (Å²) < 4.78 is 0. The highest BCUT2D eigenvalue weighted by atomic mass is 16.2. The number of aromatic nitrogens is 3. The largest absolute Gasteiger partial charge is 0.325 e. The Balaban J connectivity index is 1.66. The van der Waals surface area contributed by atoms with Gasteiger partial charge >= 0.3 is 0 Å². The second kappa shape index (κ2) is 7.11. The van der Waals surface area contributed by atoms with E-state index < -0.39 is 0 Å². The second-order valence-electron chi connectivity index (χ2n) is 6.33. The van der Waals surface area contributed by atoms with E-state index in [1.54, 1.807) is 0 Å². The first kappa shape index (κ1) is 16.6. The molecule has 7 heteroatoms. The average molecular weight is 328 g/mol. The van der Waals surface area contributed by atoms with Crippen LogP contribution in [0.25, 0.3) is 11.4 Å². The van der Waals surface area contributed by atoms with Crippen molar-refractivity contribution in [1.82, 2.24) is 25.0 Å². The van der Waals surface area contributed by atoms with E-state index in [0.29, 0.717) is 5.82 Å². The summed E-state index contributed by atoms with van der Waals surface area (Å²) in [5.41, 5.74) is 1.64. The lowest BCUT2D eigenvalue weighted by Gasteiger charge is -2.35. The standard InChI is InChI=1S/C17H24N6O/c1-12(23-9-7-22(3)8-10-23)17(24)19-15-6-4-5-14(11-15)16-18-13(2)20-21-16/h4-6,11-12H,7-10H2,1-3H3,(H,19,24)(H,18,20,21). The molecule has 1 aliphatic rings. The van der Waals surface area contributed by atoms with Gasteiger partial charge in [0.25, 0.3) is 0 Å². The molecule has 1 aromatic heterocycles. The van der Waals surface area contributed by atoms with Crippen molar-refractivity contribution in [1.29, 1.82) is 0 Å². The van der Waals surface area contributed by atoms with Gasteiger partial charge in [0.1, 0.15) is 5.82 Å². The Kier molecular flexibility index (Phi) is 4.92. The molecule has 128 valence electrons. The molecular weight excluding hydrogens is 304 g/mol. The predicted octanol–water partition coefficient (Wildman–Crippen LogP) is 1.35. The fourth-order valence-electron chi connectivity index (χ4n) is 2.83. The third-order valence-corrected chi connectivity index (χ3v) is 4.45. The van der Waals surface area contributed by atoms with Crippen LogP contribution >= 0.6 is 0 Å². The lowest BCUT2D eigenvalue weighted by molar-refractivity contribution is -0.121. The highest BCUT2D eigenvalue weighted by Gasteiger charge is 2.24. The van der Waals surface area contributed by atoms with Crippen LogP contribution in [0.2, 0.25) is 0 Å². The predicted molar refractivity (Wildman–Crippen MR) is 93.7 cm³/mol. The molecule has 0 aliphatic carbocycles. The number of piperazine rings is 1. The molecule has 1 aromatic carbocycles. The number of hydrogen-bond donors (Lipinski definition) is 2. The first-order valence-electron chi connectivity index (χ1n) is 8.26. The summed E-state index contributed by atoms with van der Waals surface area (Å²) in [6.45, 7) is 7.65. The Hall–Kier alpha value is -2.25. The van der Waals surface area contributed by atoms with Gasteiger partial charge in [-0.05, 0) is 33.0 Å². The van der Waals surface area contributed by atoms with Crippen molar-refractivity contribution < 1.29 is 4.79 Å². The molecule has 1 unspecified atom stereocenters. The molecule has 2 heterocycles. The summed E-state index contributed by atoms with van der Waals surface area (Å²) in [5, 5.41) is 10.0. The number of carbonyl (C=O) groups is 1. The van der Waals surface area contributed by atoms with E-state index in [1.165, 1.54) is 0 Å². The maximum absolute atomic E-state index is 12.5. The first-order valence-corrected chi connectivity index (χ1v) is 8.26. The number of carbonyl (C=O) groups excluding carboxylic acids is 1. The Morgan fingerprint density at radius 1 is 1.29 bits per heavy atom. The van der Waals surface area contributed by atoms with Crippen LogP contribution in [-0.2, 0) is 4.79 Å². The van der Waals surface area contributed by atoms with Crippen LogP contribution in [0.3, 0.4) is 0 Å². The smallest absolute Gasteiger partial charge is 0.241 e. The zero-order chi connectivity index (χ0) is 17.1. The minimum Gasteiger partial charge on any atom is -0.325 e. The van der Waals surface area contributed by atoms with Crippen LogP contribution in [-0.4, -0.2) is 70.2 Å². The number of anilines is 1. The Labute approximate surface area is 142 Å². The summed E-state index contributed by atoms with van der Waals surface area (Å²) in [6, 6.07) is 7.47. The third-order valence-electron chi connectivity index (χ3n) is 4.45. The molecule has 1 amide bonds. The van der Waals surface area contributed by atoms with E-state index in [9.17, 15) is 4.79 Å². The van der Waals surface area contributed by atoms with Gasteiger partial charge in [0.2, 0.25) is 5.91 Å². The van der Waals surface area contributed by atoms with Gasteiger partial charge < -0.3 is 10.2 Å². The molecule has 1 saturated heterocycles. The van der Waals surface area contributed by atoms with Gasteiger partial charge in [-0.1, -0.05) is 12.1 Å². The van der Waals surface area contributed by atoms with Crippen molar-refractivity contribution in [3.05, 3.63) is 30.1 Å². The van der Waals surface area contributed by atoms with E-state index in [0.717, 1.165) is 43.3 Å². The van der Waals surface area contributed by atoms with Gasteiger partial charge in [0.15, 0.2) is 5.82 Å². The summed E-state index contributed by atoms with van der Waals surface area (Å²) in [4.78, 5) is 21.4. The van der Waals surface area contributed by atoms with E-state index in [-0.39, 0.29) is 11.9 Å². The minimum absolute atomic E-state index is 0.0165. The molecule has 0 radical (unpaired) electrons. The Bertz CT molecular complexity index is 705. The zero-order valence-corrected chi connectivity index (χ0v) is 14.4. The number of hydrogen-bond acceptors (Lipinski definition) is 5. The van der Waals surface area contributed by atoms with Crippen LogP contribution in [0.5, 0.6) is 0 Å². The monoisotopic (exact) mass is 328 g/mol. The SMILES string of the molecule is Cc1nc(-c2cccc(NC(=O)C(C)N3CCN(C)CC3)c2)n[nH]1. The van der Waals surface area contributed by atoms with Crippen LogP contribution in [0.1, 0.15) is 12.7 Å². The number of rotatable bonds is 4. The molecule has 0 bridgehead atoms. The van der Waals surface area contributed by atoms with Crippen LogP contribution in [0, 0.1) is 6.92 Å². The summed E-state index contributed by atoms with van der Waals surface area (Å²) in [6.07, 6.45) is 0. The molecule has 0 spiro atoms. The molecule has 3 rings (SSSR count). The molecular formula is C17H24N6O. The molecule has 1 fully saturated rings. The number of nitrogens with zero attached hydrogens (tertiary/aromatic N) is 4. The second-order valence-corrected chi connectivity index (χ2v) is 6.33. The minimum atomic E-state index is -0.145. The van der Waals surface area contributed by atoms with E-state index in [4.69, 9.17) is 0 Å². The lowest BCUT2D eigenvalue weighted by Crippen LogP contribution is -2.51. The van der Waals surface area contributed by atoms with Crippen molar-refractivity contribution in [3.63, 3.8) is 0 Å². The van der Waals surface area contributed by atoms with E-state index in [1.807, 2.05) is 38.1 Å². The lowest BCUT2D eigenvalue weighted by atomic mass is 10.1. The van der Waals surface area contributed by atoms with E-state index in [2.05, 4.69) is 37.3 Å². The van der Waals surface area contributed by atoms with Crippen LogP contribution < -0.4 is 5.32 Å². The first-order chi connectivity index (χ1) is 11.5. The fourth-order valence-corrected chi connectivity index (χ4v) is 2.83. The highest BCUT2D eigenvalue weighted by molar-refractivity contribution is 5.95. The summed E-state index contributed by atoms with van der Waals surface area (Å²) in [7, 11) is 2.11. The highest BCUT2D eigenvalue weighted by Crippen LogP contribution is 2.19. The zero-order valence-electron chi connectivity index (χ0n) is 14.4. The van der Waals surface area contributed by atoms with Crippen LogP contribution in [0.4, 0.5) is 5.69 Å². The molecule has 1 atom stereocenters. The van der Waals surface area contributed by atoms with Crippen molar-refractivity contribution in [2.75, 3.05) is 38.5 Å². The maximum Gasteiger partial charge on any atom is 0.241 e. The van der Waals surface area contributed by atoms with Gasteiger partial charge in [-0.2, -0.15) is 5.10 Å². The Morgan fingerprint density at radius 2 is 2.04 bits per heavy atom. The quantitative estimate of drug-likeness (QED) is 0.886. The molecule has 2 N–H and O–H groups in total. The number of likely N-dealkylation sites (N-methyl/N-ethyl adjacent to an activating group) is 1. The topological polar surface area (TPSA) is 77.2 Å². The number of aromatic amines is 1.